The minimum Gasteiger partial charge on any atom is -0.380 e. The topological polar surface area (TPSA) is 169 Å². The van der Waals surface area contributed by atoms with Gasteiger partial charge in [0.25, 0.3) is 5.69 Å². The first-order valence-electron chi connectivity index (χ1n) is 7.24. The predicted molar refractivity (Wildman–Crippen MR) is 88.1 cm³/mol. The molecule has 136 valence electrons. The number of carbonyl (C=O) groups excluding carboxylic acids is 1. The van der Waals surface area contributed by atoms with Gasteiger partial charge in [-0.25, -0.2) is 4.79 Å². The van der Waals surface area contributed by atoms with E-state index in [0.717, 1.165) is 6.20 Å². The SMILES string of the molecule is Cc1c([N+](=O)[O-])cnn1CCC(=O)O/N=C(\N)c1ccc([N+](=O)[O-])cc1. The first-order chi connectivity index (χ1) is 12.3. The van der Waals surface area contributed by atoms with E-state index in [1.54, 1.807) is 0 Å². The number of nitrogens with zero attached hydrogens (tertiary/aromatic N) is 5. The van der Waals surface area contributed by atoms with E-state index in [2.05, 4.69) is 15.1 Å². The van der Waals surface area contributed by atoms with Crippen LogP contribution in [0.2, 0.25) is 0 Å². The van der Waals surface area contributed by atoms with E-state index in [9.17, 15) is 25.0 Å². The molecular weight excluding hydrogens is 348 g/mol. The second-order valence-corrected chi connectivity index (χ2v) is 5.09. The zero-order valence-electron chi connectivity index (χ0n) is 13.6. The summed E-state index contributed by atoms with van der Waals surface area (Å²) in [5.74, 6) is -0.841. The van der Waals surface area contributed by atoms with Crippen LogP contribution in [0, 0.1) is 27.2 Å². The maximum atomic E-state index is 11.7. The zero-order valence-corrected chi connectivity index (χ0v) is 13.6. The van der Waals surface area contributed by atoms with Crippen LogP contribution in [0.1, 0.15) is 17.7 Å². The molecule has 0 aliphatic carbocycles. The molecular formula is C14H14N6O6. The quantitative estimate of drug-likeness (QED) is 0.252. The molecule has 0 bridgehead atoms. The summed E-state index contributed by atoms with van der Waals surface area (Å²) in [5, 5.41) is 28.6. The fourth-order valence-electron chi connectivity index (χ4n) is 1.99. The molecule has 0 spiro atoms. The van der Waals surface area contributed by atoms with E-state index in [-0.39, 0.29) is 30.2 Å². The van der Waals surface area contributed by atoms with Crippen molar-refractivity contribution in [3.8, 4) is 0 Å². The van der Waals surface area contributed by atoms with Crippen molar-refractivity contribution in [3.63, 3.8) is 0 Å². The first-order valence-corrected chi connectivity index (χ1v) is 7.24. The largest absolute Gasteiger partial charge is 0.380 e. The molecule has 0 saturated carbocycles. The third-order valence-corrected chi connectivity index (χ3v) is 3.42. The van der Waals surface area contributed by atoms with Gasteiger partial charge in [0.1, 0.15) is 11.9 Å². The Morgan fingerprint density at radius 1 is 1.27 bits per heavy atom. The van der Waals surface area contributed by atoms with Crippen molar-refractivity contribution in [2.75, 3.05) is 0 Å². The molecule has 0 unspecified atom stereocenters. The van der Waals surface area contributed by atoms with Crippen LogP contribution in [0.5, 0.6) is 0 Å². The number of oxime groups is 1. The highest BCUT2D eigenvalue weighted by atomic mass is 16.7. The van der Waals surface area contributed by atoms with Gasteiger partial charge in [0.15, 0.2) is 5.84 Å². The van der Waals surface area contributed by atoms with E-state index < -0.39 is 15.8 Å². The van der Waals surface area contributed by atoms with E-state index in [4.69, 9.17) is 5.73 Å². The number of carbonyl (C=O) groups is 1. The fourth-order valence-corrected chi connectivity index (χ4v) is 1.99. The highest BCUT2D eigenvalue weighted by Crippen LogP contribution is 2.16. The Hall–Kier alpha value is -3.83. The number of nitro benzene ring substituents is 1. The lowest BCUT2D eigenvalue weighted by atomic mass is 10.2. The molecule has 0 aliphatic rings. The molecule has 2 rings (SSSR count). The van der Waals surface area contributed by atoms with Gasteiger partial charge in [0.05, 0.1) is 22.8 Å². The van der Waals surface area contributed by atoms with Crippen LogP contribution >= 0.6 is 0 Å². The van der Waals surface area contributed by atoms with Gasteiger partial charge in [-0.15, -0.1) is 0 Å². The van der Waals surface area contributed by atoms with Crippen LogP contribution in [0.4, 0.5) is 11.4 Å². The molecule has 12 heteroatoms. The van der Waals surface area contributed by atoms with Crippen LogP contribution in [-0.2, 0) is 16.2 Å². The van der Waals surface area contributed by atoms with Crippen LogP contribution in [0.3, 0.4) is 0 Å². The average molecular weight is 362 g/mol. The van der Waals surface area contributed by atoms with Gasteiger partial charge in [0, 0.05) is 17.7 Å². The number of aryl methyl sites for hydroxylation is 1. The summed E-state index contributed by atoms with van der Waals surface area (Å²) in [6.07, 6.45) is 0.974. The molecule has 26 heavy (non-hydrogen) atoms. The number of hydrogen-bond donors (Lipinski definition) is 1. The standard InChI is InChI=1S/C14H14N6O6/c1-9-12(20(24)25)8-16-18(9)7-6-13(21)26-17-14(15)10-2-4-11(5-3-10)19(22)23/h2-5,8H,6-7H2,1H3,(H2,15,17). The van der Waals surface area contributed by atoms with Gasteiger partial charge in [0.2, 0.25) is 0 Å². The number of aromatic nitrogens is 2. The second-order valence-electron chi connectivity index (χ2n) is 5.09. The van der Waals surface area contributed by atoms with Crippen LogP contribution in [0.15, 0.2) is 35.6 Å². The van der Waals surface area contributed by atoms with Crippen molar-refractivity contribution in [1.82, 2.24) is 9.78 Å². The molecule has 0 saturated heterocycles. The van der Waals surface area contributed by atoms with Gasteiger partial charge in [-0.2, -0.15) is 5.10 Å². The molecule has 1 heterocycles. The molecule has 1 aromatic carbocycles. The maximum absolute atomic E-state index is 11.7. The molecule has 0 radical (unpaired) electrons. The Morgan fingerprint density at radius 3 is 2.46 bits per heavy atom. The third-order valence-electron chi connectivity index (χ3n) is 3.42. The number of benzene rings is 1. The Balaban J connectivity index is 1.92. The molecule has 0 amide bonds. The highest BCUT2D eigenvalue weighted by molar-refractivity contribution is 5.97. The number of non-ortho nitro benzene ring substituents is 1. The van der Waals surface area contributed by atoms with Crippen molar-refractivity contribution in [2.24, 2.45) is 10.9 Å². The lowest BCUT2D eigenvalue weighted by Crippen LogP contribution is -2.16. The molecule has 0 aliphatic heterocycles. The summed E-state index contributed by atoms with van der Waals surface area (Å²) in [6, 6.07) is 5.23. The van der Waals surface area contributed by atoms with Gasteiger partial charge >= 0.3 is 11.7 Å². The maximum Gasteiger partial charge on any atom is 0.336 e. The lowest BCUT2D eigenvalue weighted by molar-refractivity contribution is -0.385. The predicted octanol–water partition coefficient (Wildman–Crippen LogP) is 1.26. The normalized spacial score (nSPS) is 11.2. The summed E-state index contributed by atoms with van der Waals surface area (Å²) < 4.78 is 1.31. The summed E-state index contributed by atoms with van der Waals surface area (Å²) >= 11 is 0. The van der Waals surface area contributed by atoms with Crippen molar-refractivity contribution in [3.05, 3.63) is 61.9 Å². The third kappa shape index (κ3) is 4.37. The molecule has 1 aromatic heterocycles. The number of nitro groups is 2. The number of amidine groups is 1. The second kappa shape index (κ2) is 7.83. The smallest absolute Gasteiger partial charge is 0.336 e. The number of rotatable bonds is 7. The van der Waals surface area contributed by atoms with Crippen molar-refractivity contribution < 1.29 is 19.5 Å². The van der Waals surface area contributed by atoms with Gasteiger partial charge < -0.3 is 10.6 Å². The molecule has 2 N–H and O–H groups in total. The van der Waals surface area contributed by atoms with Gasteiger partial charge in [-0.1, -0.05) is 5.16 Å². The molecule has 0 atom stereocenters. The fraction of sp³-hybridized carbons (Fsp3) is 0.214. The Bertz CT molecular complexity index is 873. The van der Waals surface area contributed by atoms with E-state index >= 15 is 0 Å². The van der Waals surface area contributed by atoms with E-state index in [1.165, 1.54) is 35.9 Å². The molecule has 0 fully saturated rings. The monoisotopic (exact) mass is 362 g/mol. The van der Waals surface area contributed by atoms with Crippen molar-refractivity contribution >= 4 is 23.2 Å². The zero-order chi connectivity index (χ0) is 19.3. The summed E-state index contributed by atoms with van der Waals surface area (Å²) in [6.45, 7) is 1.59. The van der Waals surface area contributed by atoms with Crippen LogP contribution in [-0.4, -0.2) is 31.4 Å². The van der Waals surface area contributed by atoms with E-state index in [1.807, 2.05) is 0 Å². The Labute approximate surface area is 146 Å². The average Bonchev–Trinajstić information content (AvgIpc) is 2.98. The molecule has 12 nitrogen and oxygen atoms in total. The minimum absolute atomic E-state index is 0.0749. The minimum atomic E-state index is -0.715. The number of hydrogen-bond acceptors (Lipinski definition) is 8. The summed E-state index contributed by atoms with van der Waals surface area (Å²) in [7, 11) is 0. The van der Waals surface area contributed by atoms with Crippen molar-refractivity contribution in [1.29, 1.82) is 0 Å². The van der Waals surface area contributed by atoms with E-state index in [0.29, 0.717) is 11.3 Å². The first kappa shape index (κ1) is 18.5. The van der Waals surface area contributed by atoms with Gasteiger partial charge in [-0.3, -0.25) is 24.9 Å². The summed E-state index contributed by atoms with van der Waals surface area (Å²) in [5.41, 5.74) is 6.06. The van der Waals surface area contributed by atoms with Gasteiger partial charge in [-0.05, 0) is 19.1 Å². The molecule has 2 aromatic rings. The lowest BCUT2D eigenvalue weighted by Gasteiger charge is -2.03. The Kier molecular flexibility index (Phi) is 5.57. The van der Waals surface area contributed by atoms with Crippen molar-refractivity contribution in [2.45, 2.75) is 19.9 Å². The van der Waals surface area contributed by atoms with Crippen LogP contribution in [0.25, 0.3) is 0 Å². The Morgan fingerprint density at radius 2 is 1.92 bits per heavy atom. The van der Waals surface area contributed by atoms with Crippen LogP contribution < -0.4 is 5.73 Å². The summed E-state index contributed by atoms with van der Waals surface area (Å²) in [4.78, 5) is 36.6. The highest BCUT2D eigenvalue weighted by Gasteiger charge is 2.17. The number of nitrogens with two attached hydrogens (primary N) is 1.